The molecule has 0 amide bonds. The average Bonchev–Trinajstić information content (AvgIpc) is 2.29. The van der Waals surface area contributed by atoms with Gasteiger partial charge in [0.05, 0.1) is 16.4 Å². The van der Waals surface area contributed by atoms with Crippen LogP contribution < -0.4 is 10.6 Å². The molecular weight excluding hydrogens is 260 g/mol. The van der Waals surface area contributed by atoms with Crippen molar-refractivity contribution in [3.63, 3.8) is 0 Å². The van der Waals surface area contributed by atoms with Crippen molar-refractivity contribution in [3.05, 3.63) is 22.7 Å². The first-order valence-corrected chi connectivity index (χ1v) is 5.71. The first-order chi connectivity index (χ1) is 6.66. The maximum absolute atomic E-state index is 5.26. The van der Waals surface area contributed by atoms with E-state index in [4.69, 9.17) is 12.2 Å². The summed E-state index contributed by atoms with van der Waals surface area (Å²) in [7, 11) is 0. The van der Waals surface area contributed by atoms with Gasteiger partial charge in [0, 0.05) is 16.9 Å². The monoisotopic (exact) mass is 270 g/mol. The minimum absolute atomic E-state index is 0.371. The second-order valence-corrected chi connectivity index (χ2v) is 4.82. The van der Waals surface area contributed by atoms with E-state index >= 15 is 0 Å². The second-order valence-electron chi connectivity index (χ2n) is 3.46. The molecule has 2 nitrogen and oxygen atoms in total. The molecule has 1 aromatic carbocycles. The molecule has 0 saturated carbocycles. The Kier molecular flexibility index (Phi) is 2.74. The molecule has 1 atom stereocenters. The number of hydrogen-bond donors (Lipinski definition) is 2. The van der Waals surface area contributed by atoms with Crippen molar-refractivity contribution >= 4 is 44.5 Å². The van der Waals surface area contributed by atoms with Crippen molar-refractivity contribution in [1.29, 1.82) is 0 Å². The largest absolute Gasteiger partial charge is 0.383 e. The third-order valence-electron chi connectivity index (χ3n) is 2.29. The van der Waals surface area contributed by atoms with E-state index in [0.29, 0.717) is 5.92 Å². The summed E-state index contributed by atoms with van der Waals surface area (Å²) in [4.78, 5) is 0.901. The van der Waals surface area contributed by atoms with Crippen LogP contribution in [0.25, 0.3) is 0 Å². The number of nitrogens with one attached hydrogen (secondary N) is 2. The Hall–Kier alpha value is -0.610. The molecule has 1 aromatic rings. The van der Waals surface area contributed by atoms with Crippen molar-refractivity contribution in [1.82, 2.24) is 0 Å². The molecule has 1 unspecified atom stereocenters. The van der Waals surface area contributed by atoms with Gasteiger partial charge in [-0.05, 0) is 18.2 Å². The summed E-state index contributed by atoms with van der Waals surface area (Å²) in [5.41, 5.74) is 2.16. The van der Waals surface area contributed by atoms with Crippen LogP contribution in [0.3, 0.4) is 0 Å². The van der Waals surface area contributed by atoms with Gasteiger partial charge >= 0.3 is 0 Å². The zero-order chi connectivity index (χ0) is 10.1. The van der Waals surface area contributed by atoms with Gasteiger partial charge in [-0.3, -0.25) is 0 Å². The second kappa shape index (κ2) is 3.87. The van der Waals surface area contributed by atoms with E-state index in [1.165, 1.54) is 0 Å². The quantitative estimate of drug-likeness (QED) is 0.708. The highest BCUT2D eigenvalue weighted by Crippen LogP contribution is 2.28. The van der Waals surface area contributed by atoms with Gasteiger partial charge in [-0.2, -0.15) is 0 Å². The molecule has 0 aromatic heterocycles. The molecule has 0 saturated heterocycles. The van der Waals surface area contributed by atoms with Gasteiger partial charge in [0.2, 0.25) is 0 Å². The number of hydrogen-bond acceptors (Lipinski definition) is 2. The summed E-state index contributed by atoms with van der Waals surface area (Å²) in [5.74, 6) is 0.371. The van der Waals surface area contributed by atoms with Crippen molar-refractivity contribution in [2.45, 2.75) is 6.92 Å². The van der Waals surface area contributed by atoms with Crippen molar-refractivity contribution in [3.8, 4) is 0 Å². The Bertz CT molecular complexity index is 378. The first-order valence-electron chi connectivity index (χ1n) is 4.51. The lowest BCUT2D eigenvalue weighted by molar-refractivity contribution is 0.833. The highest BCUT2D eigenvalue weighted by atomic mass is 79.9. The molecule has 4 heteroatoms. The lowest BCUT2D eigenvalue weighted by Crippen LogP contribution is -2.20. The minimum atomic E-state index is 0.371. The average molecular weight is 271 g/mol. The van der Waals surface area contributed by atoms with E-state index in [-0.39, 0.29) is 0 Å². The summed E-state index contributed by atoms with van der Waals surface area (Å²) in [5, 5.41) is 6.61. The van der Waals surface area contributed by atoms with Gasteiger partial charge in [0.25, 0.3) is 0 Å². The Morgan fingerprint density at radius 3 is 3.00 bits per heavy atom. The minimum Gasteiger partial charge on any atom is -0.383 e. The highest BCUT2D eigenvalue weighted by Gasteiger charge is 2.15. The van der Waals surface area contributed by atoms with Crippen LogP contribution in [0.15, 0.2) is 22.7 Å². The number of thiocarbonyl (C=S) groups is 1. The maximum Gasteiger partial charge on any atom is 0.0844 e. The van der Waals surface area contributed by atoms with Gasteiger partial charge in [0.1, 0.15) is 0 Å². The van der Waals surface area contributed by atoms with Crippen LogP contribution in [0.1, 0.15) is 6.92 Å². The van der Waals surface area contributed by atoms with Gasteiger partial charge in [-0.25, -0.2) is 0 Å². The van der Waals surface area contributed by atoms with E-state index in [1.54, 1.807) is 0 Å². The van der Waals surface area contributed by atoms with E-state index in [9.17, 15) is 0 Å². The predicted octanol–water partition coefficient (Wildman–Crippen LogP) is 3.25. The highest BCUT2D eigenvalue weighted by molar-refractivity contribution is 9.10. The van der Waals surface area contributed by atoms with Gasteiger partial charge in [0.15, 0.2) is 0 Å². The molecule has 1 aliphatic heterocycles. The van der Waals surface area contributed by atoms with Gasteiger partial charge in [-0.1, -0.05) is 35.1 Å². The summed E-state index contributed by atoms with van der Waals surface area (Å²) < 4.78 is 1.08. The van der Waals surface area contributed by atoms with Gasteiger partial charge in [-0.15, -0.1) is 0 Å². The van der Waals surface area contributed by atoms with Crippen molar-refractivity contribution in [2.24, 2.45) is 5.92 Å². The first kappa shape index (κ1) is 9.93. The smallest absolute Gasteiger partial charge is 0.0844 e. The van der Waals surface area contributed by atoms with E-state index < -0.39 is 0 Å². The fourth-order valence-corrected chi connectivity index (χ4v) is 1.94. The summed E-state index contributed by atoms with van der Waals surface area (Å²) in [6.07, 6.45) is 0. The number of rotatable bonds is 0. The van der Waals surface area contributed by atoms with Crippen LogP contribution in [0.4, 0.5) is 11.4 Å². The van der Waals surface area contributed by atoms with Crippen LogP contribution >= 0.6 is 28.1 Å². The lowest BCUT2D eigenvalue weighted by Gasteiger charge is -2.08. The Morgan fingerprint density at radius 2 is 2.21 bits per heavy atom. The van der Waals surface area contributed by atoms with E-state index in [1.807, 2.05) is 12.1 Å². The molecule has 1 heterocycles. The Balaban J connectivity index is 2.37. The summed E-state index contributed by atoms with van der Waals surface area (Å²) in [6.45, 7) is 3.00. The molecule has 14 heavy (non-hydrogen) atoms. The molecule has 0 spiro atoms. The number of fused-ring (bicyclic) bond motifs is 1. The van der Waals surface area contributed by atoms with Crippen LogP contribution in [0.2, 0.25) is 0 Å². The fourth-order valence-electron chi connectivity index (χ4n) is 1.38. The lowest BCUT2D eigenvalue weighted by atomic mass is 10.2. The molecule has 0 fully saturated rings. The summed E-state index contributed by atoms with van der Waals surface area (Å²) >= 11 is 8.71. The van der Waals surface area contributed by atoms with Gasteiger partial charge < -0.3 is 10.6 Å². The Morgan fingerprint density at radius 1 is 1.43 bits per heavy atom. The van der Waals surface area contributed by atoms with Crippen LogP contribution in [-0.2, 0) is 0 Å². The molecule has 0 radical (unpaired) electrons. The molecule has 0 bridgehead atoms. The molecule has 2 N–H and O–H groups in total. The molecule has 0 aliphatic carbocycles. The Labute approximate surface area is 97.2 Å². The fraction of sp³-hybridized carbons (Fsp3) is 0.300. The molecule has 1 aliphatic rings. The number of benzene rings is 1. The van der Waals surface area contributed by atoms with Crippen LogP contribution in [-0.4, -0.2) is 11.5 Å². The zero-order valence-corrected chi connectivity index (χ0v) is 10.2. The SMILES string of the molecule is CC1CNc2cc(Br)ccc2NC1=S. The maximum atomic E-state index is 5.26. The molecule has 74 valence electrons. The molecular formula is C10H11BrN2S. The van der Waals surface area contributed by atoms with E-state index in [2.05, 4.69) is 39.6 Å². The topological polar surface area (TPSA) is 24.1 Å². The van der Waals surface area contributed by atoms with E-state index in [0.717, 1.165) is 27.4 Å². The zero-order valence-electron chi connectivity index (χ0n) is 7.80. The third kappa shape index (κ3) is 1.91. The van der Waals surface area contributed by atoms with Crippen LogP contribution in [0.5, 0.6) is 0 Å². The van der Waals surface area contributed by atoms with Crippen molar-refractivity contribution < 1.29 is 0 Å². The van der Waals surface area contributed by atoms with Crippen molar-refractivity contribution in [2.75, 3.05) is 17.2 Å². The number of halogens is 1. The third-order valence-corrected chi connectivity index (χ3v) is 3.28. The summed E-state index contributed by atoms with van der Waals surface area (Å²) in [6, 6.07) is 6.09. The normalized spacial score (nSPS) is 20.4. The predicted molar refractivity (Wildman–Crippen MR) is 68.0 cm³/mol. The number of anilines is 2. The molecule has 2 rings (SSSR count). The standard InChI is InChI=1S/C10H11BrN2S/c1-6-5-12-9-4-7(11)2-3-8(9)13-10(6)14/h2-4,6,12H,5H2,1H3,(H,13,14). The van der Waals surface area contributed by atoms with Crippen LogP contribution in [0, 0.1) is 5.92 Å².